The summed E-state index contributed by atoms with van der Waals surface area (Å²) in [6.45, 7) is 0.976. The van der Waals surface area contributed by atoms with Crippen LogP contribution in [0.15, 0.2) is 71.6 Å². The molecule has 1 fully saturated rings. The van der Waals surface area contributed by atoms with E-state index in [-0.39, 0.29) is 34.8 Å². The van der Waals surface area contributed by atoms with Crippen LogP contribution in [0.3, 0.4) is 0 Å². The van der Waals surface area contributed by atoms with Gasteiger partial charge in [0.05, 0.1) is 31.9 Å². The van der Waals surface area contributed by atoms with E-state index in [1.54, 1.807) is 31.2 Å². The van der Waals surface area contributed by atoms with Crippen LogP contribution in [0.25, 0.3) is 0 Å². The molecule has 4 rings (SSSR count). The number of nitrogens with zero attached hydrogens (tertiary/aromatic N) is 2. The molecule has 3 aromatic carbocycles. The smallest absolute Gasteiger partial charge is 0.264 e. The third-order valence-electron chi connectivity index (χ3n) is 7.69. The van der Waals surface area contributed by atoms with Crippen LogP contribution in [-0.2, 0) is 26.2 Å². The van der Waals surface area contributed by atoms with E-state index >= 15 is 0 Å². The fourth-order valence-electron chi connectivity index (χ4n) is 5.18. The van der Waals surface area contributed by atoms with Gasteiger partial charge in [0.15, 0.2) is 11.5 Å². The maximum Gasteiger partial charge on any atom is 0.264 e. The number of carbonyl (C=O) groups excluding carboxylic acids is 2. The Bertz CT molecular complexity index is 1560. The van der Waals surface area contributed by atoms with E-state index < -0.39 is 34.3 Å². The molecule has 1 aliphatic rings. The molecule has 1 saturated carbocycles. The monoisotopic (exact) mass is 627 g/mol. The molecule has 0 heterocycles. The number of halogens is 1. The minimum atomic E-state index is -4.39. The molecule has 236 valence electrons. The van der Waals surface area contributed by atoms with Crippen molar-refractivity contribution in [3.05, 3.63) is 78.1 Å². The first-order chi connectivity index (χ1) is 21.1. The van der Waals surface area contributed by atoms with Gasteiger partial charge < -0.3 is 24.4 Å². The van der Waals surface area contributed by atoms with Crippen LogP contribution >= 0.6 is 0 Å². The number of amides is 2. The third-order valence-corrected chi connectivity index (χ3v) is 9.46. The molecule has 0 radical (unpaired) electrons. The number of rotatable bonds is 13. The zero-order chi connectivity index (χ0) is 31.9. The first-order valence-corrected chi connectivity index (χ1v) is 15.7. The second kappa shape index (κ2) is 14.4. The molecule has 0 saturated heterocycles. The summed E-state index contributed by atoms with van der Waals surface area (Å²) in [6.07, 6.45) is 3.77. The maximum atomic E-state index is 14.1. The summed E-state index contributed by atoms with van der Waals surface area (Å²) in [7, 11) is -0.0609. The Morgan fingerprint density at radius 3 is 2.25 bits per heavy atom. The number of sulfonamides is 1. The molecule has 0 unspecified atom stereocenters. The molecule has 1 atom stereocenters. The predicted molar refractivity (Wildman–Crippen MR) is 164 cm³/mol. The molecule has 12 heteroatoms. The van der Waals surface area contributed by atoms with Crippen molar-refractivity contribution in [3.63, 3.8) is 0 Å². The Balaban J connectivity index is 1.72. The van der Waals surface area contributed by atoms with Gasteiger partial charge in [-0.25, -0.2) is 12.8 Å². The molecule has 0 spiro atoms. The summed E-state index contributed by atoms with van der Waals surface area (Å²) in [5.74, 6) is -0.458. The second-order valence-electron chi connectivity index (χ2n) is 10.5. The molecule has 10 nitrogen and oxygen atoms in total. The van der Waals surface area contributed by atoms with Crippen LogP contribution in [0, 0.1) is 5.82 Å². The van der Waals surface area contributed by atoms with Crippen molar-refractivity contribution in [1.82, 2.24) is 10.2 Å². The van der Waals surface area contributed by atoms with Crippen LogP contribution in [0.1, 0.15) is 38.2 Å². The lowest BCUT2D eigenvalue weighted by Gasteiger charge is -2.32. The average molecular weight is 628 g/mol. The van der Waals surface area contributed by atoms with Crippen molar-refractivity contribution >= 4 is 27.5 Å². The van der Waals surface area contributed by atoms with Crippen LogP contribution in [-0.4, -0.2) is 65.1 Å². The predicted octanol–water partition coefficient (Wildman–Crippen LogP) is 4.52. The average Bonchev–Trinajstić information content (AvgIpc) is 3.55. The number of benzene rings is 3. The Labute approximate surface area is 257 Å². The number of hydrogen-bond donors (Lipinski definition) is 1. The maximum absolute atomic E-state index is 14.1. The number of ether oxygens (including phenoxy) is 3. The van der Waals surface area contributed by atoms with Gasteiger partial charge in [-0.05, 0) is 73.9 Å². The highest BCUT2D eigenvalue weighted by Gasteiger charge is 2.34. The van der Waals surface area contributed by atoms with E-state index in [9.17, 15) is 22.4 Å². The lowest BCUT2D eigenvalue weighted by atomic mass is 10.1. The number of carbonyl (C=O) groups is 2. The second-order valence-corrected chi connectivity index (χ2v) is 12.4. The van der Waals surface area contributed by atoms with Gasteiger partial charge in [-0.1, -0.05) is 25.0 Å². The lowest BCUT2D eigenvalue weighted by molar-refractivity contribution is -0.139. The molecule has 3 aromatic rings. The van der Waals surface area contributed by atoms with Gasteiger partial charge in [-0.2, -0.15) is 0 Å². The van der Waals surface area contributed by atoms with Crippen LogP contribution < -0.4 is 23.8 Å². The largest absolute Gasteiger partial charge is 0.497 e. The van der Waals surface area contributed by atoms with E-state index in [2.05, 4.69) is 5.32 Å². The van der Waals surface area contributed by atoms with Gasteiger partial charge in [-0.15, -0.1) is 0 Å². The molecule has 44 heavy (non-hydrogen) atoms. The van der Waals surface area contributed by atoms with E-state index in [1.165, 1.54) is 56.6 Å². The van der Waals surface area contributed by atoms with Crippen LogP contribution in [0.2, 0.25) is 0 Å². The highest BCUT2D eigenvalue weighted by Crippen LogP contribution is 2.32. The SMILES string of the molecule is COc1cccc(CN(C(=O)CN(c2ccc(F)cc2)S(=O)(=O)c2ccc(OC)c(OC)c2)[C@@H](C)C(=O)NC2CCCC2)c1. The van der Waals surface area contributed by atoms with Crippen molar-refractivity contribution < 1.29 is 36.6 Å². The number of nitrogens with one attached hydrogen (secondary N) is 1. The topological polar surface area (TPSA) is 114 Å². The first kappa shape index (κ1) is 32.6. The summed E-state index contributed by atoms with van der Waals surface area (Å²) in [5.41, 5.74) is 0.758. The standard InChI is InChI=1S/C32H38FN3O7S/c1-22(32(38)34-25-9-5-6-10-25)35(20-23-8-7-11-27(18-23)41-2)31(37)21-36(26-14-12-24(33)13-15-26)44(39,40)28-16-17-29(42-3)30(19-28)43-4/h7-8,11-19,22,25H,5-6,9-10,20-21H2,1-4H3,(H,34,38)/t22-/m0/s1. The zero-order valence-electron chi connectivity index (χ0n) is 25.3. The summed E-state index contributed by atoms with van der Waals surface area (Å²) in [4.78, 5) is 28.7. The van der Waals surface area contributed by atoms with Crippen molar-refractivity contribution in [3.8, 4) is 17.2 Å². The highest BCUT2D eigenvalue weighted by molar-refractivity contribution is 7.92. The van der Waals surface area contributed by atoms with Crippen LogP contribution in [0.5, 0.6) is 17.2 Å². The molecular weight excluding hydrogens is 589 g/mol. The molecular formula is C32H38FN3O7S. The van der Waals surface area contributed by atoms with E-state index in [0.717, 1.165) is 42.1 Å². The molecule has 1 aliphatic carbocycles. The van der Waals surface area contributed by atoms with E-state index in [0.29, 0.717) is 17.1 Å². The van der Waals surface area contributed by atoms with Crippen molar-refractivity contribution in [2.45, 2.75) is 56.1 Å². The number of hydrogen-bond acceptors (Lipinski definition) is 7. The van der Waals surface area contributed by atoms with Gasteiger partial charge >= 0.3 is 0 Å². The molecule has 2 amide bonds. The Morgan fingerprint density at radius 1 is 0.932 bits per heavy atom. The lowest BCUT2D eigenvalue weighted by Crippen LogP contribution is -2.52. The van der Waals surface area contributed by atoms with Crippen molar-refractivity contribution in [2.24, 2.45) is 0 Å². The van der Waals surface area contributed by atoms with E-state index in [4.69, 9.17) is 14.2 Å². The zero-order valence-corrected chi connectivity index (χ0v) is 26.1. The minimum absolute atomic E-state index is 0.0168. The fraction of sp³-hybridized carbons (Fsp3) is 0.375. The van der Waals surface area contributed by atoms with E-state index in [1.807, 2.05) is 0 Å². The summed E-state index contributed by atoms with van der Waals surface area (Å²) in [6, 6.07) is 15.0. The fourth-order valence-corrected chi connectivity index (χ4v) is 6.61. The number of anilines is 1. The van der Waals surface area contributed by atoms with Gasteiger partial charge in [0.25, 0.3) is 10.0 Å². The van der Waals surface area contributed by atoms with Crippen molar-refractivity contribution in [2.75, 3.05) is 32.2 Å². The first-order valence-electron chi connectivity index (χ1n) is 14.3. The normalized spacial score (nSPS) is 14.0. The molecule has 0 aliphatic heterocycles. The Kier molecular flexibility index (Phi) is 10.7. The quantitative estimate of drug-likeness (QED) is 0.296. The van der Waals surface area contributed by atoms with Gasteiger partial charge in [0.2, 0.25) is 11.8 Å². The Morgan fingerprint density at radius 2 is 1.61 bits per heavy atom. The molecule has 0 aromatic heterocycles. The molecule has 0 bridgehead atoms. The summed E-state index contributed by atoms with van der Waals surface area (Å²) < 4.78 is 58.8. The molecule has 1 N–H and O–H groups in total. The minimum Gasteiger partial charge on any atom is -0.497 e. The van der Waals surface area contributed by atoms with Gasteiger partial charge in [0.1, 0.15) is 24.2 Å². The third kappa shape index (κ3) is 7.60. The van der Waals surface area contributed by atoms with Gasteiger partial charge in [-0.3, -0.25) is 13.9 Å². The number of methoxy groups -OCH3 is 3. The summed E-state index contributed by atoms with van der Waals surface area (Å²) in [5, 5.41) is 3.04. The highest BCUT2D eigenvalue weighted by atomic mass is 32.2. The van der Waals surface area contributed by atoms with Crippen LogP contribution in [0.4, 0.5) is 10.1 Å². The van der Waals surface area contributed by atoms with Gasteiger partial charge in [0, 0.05) is 18.7 Å². The van der Waals surface area contributed by atoms with Crippen molar-refractivity contribution in [1.29, 1.82) is 0 Å². The summed E-state index contributed by atoms with van der Waals surface area (Å²) >= 11 is 0. The Hall–Kier alpha value is -4.32.